The van der Waals surface area contributed by atoms with Crippen LogP contribution in [0.5, 0.6) is 0 Å². The van der Waals surface area contributed by atoms with Gasteiger partial charge in [0.2, 0.25) is 5.91 Å². The molecule has 5 nitrogen and oxygen atoms in total. The van der Waals surface area contributed by atoms with E-state index in [-0.39, 0.29) is 35.4 Å². The Morgan fingerprint density at radius 2 is 2.04 bits per heavy atom. The van der Waals surface area contributed by atoms with Gasteiger partial charge in [0.1, 0.15) is 0 Å². The Bertz CT molecular complexity index is 961. The van der Waals surface area contributed by atoms with Gasteiger partial charge in [-0.2, -0.15) is 5.26 Å². The Balaban J connectivity index is 1.87. The zero-order chi connectivity index (χ0) is 19.3. The first-order valence-corrected chi connectivity index (χ1v) is 11.7. The summed E-state index contributed by atoms with van der Waals surface area (Å²) in [4.78, 5) is 13.6. The molecule has 2 aromatic rings. The number of amides is 1. The minimum absolute atomic E-state index is 0.0667. The van der Waals surface area contributed by atoms with E-state index in [1.165, 1.54) is 11.3 Å². The van der Waals surface area contributed by atoms with Gasteiger partial charge in [-0.05, 0) is 36.4 Å². The fraction of sp³-hybridized carbons (Fsp3) is 0.400. The number of hydrogen-bond donors (Lipinski definition) is 1. The van der Waals surface area contributed by atoms with Crippen LogP contribution in [0.3, 0.4) is 0 Å². The van der Waals surface area contributed by atoms with E-state index in [2.05, 4.69) is 5.32 Å². The first-order chi connectivity index (χ1) is 13.0. The van der Waals surface area contributed by atoms with Gasteiger partial charge in [-0.25, -0.2) is 8.42 Å². The molecule has 7 heteroatoms. The van der Waals surface area contributed by atoms with Crippen LogP contribution in [0, 0.1) is 11.3 Å². The van der Waals surface area contributed by atoms with Crippen molar-refractivity contribution in [1.82, 2.24) is 5.32 Å². The summed E-state index contributed by atoms with van der Waals surface area (Å²) in [6, 6.07) is 11.8. The Morgan fingerprint density at radius 3 is 2.74 bits per heavy atom. The van der Waals surface area contributed by atoms with Crippen molar-refractivity contribution in [1.29, 1.82) is 5.26 Å². The van der Waals surface area contributed by atoms with E-state index in [9.17, 15) is 13.2 Å². The lowest BCUT2D eigenvalue weighted by atomic mass is 10.2. The monoisotopic (exact) mass is 402 g/mol. The molecule has 0 bridgehead atoms. The molecule has 1 saturated carbocycles. The van der Waals surface area contributed by atoms with E-state index in [1.807, 2.05) is 36.4 Å². The highest BCUT2D eigenvalue weighted by molar-refractivity contribution is 7.91. The number of nitriles is 1. The molecule has 1 aliphatic rings. The maximum Gasteiger partial charge on any atom is 0.248 e. The number of rotatable bonds is 7. The number of sulfone groups is 1. The highest BCUT2D eigenvalue weighted by Crippen LogP contribution is 2.27. The molecule has 0 atom stereocenters. The van der Waals surface area contributed by atoms with E-state index in [0.29, 0.717) is 0 Å². The SMILES string of the molecule is N#CCCS(=O)(=O)C/C(=C\c1cc2ccccc2s1)C(=O)NC1CCCC1. The number of carbonyl (C=O) groups excluding carboxylic acids is 1. The number of fused-ring (bicyclic) bond motifs is 1. The lowest BCUT2D eigenvalue weighted by Gasteiger charge is -2.14. The lowest BCUT2D eigenvalue weighted by Crippen LogP contribution is -2.35. The predicted molar refractivity (Wildman–Crippen MR) is 109 cm³/mol. The first kappa shape index (κ1) is 19.6. The molecular weight excluding hydrogens is 380 g/mol. The second-order valence-electron chi connectivity index (χ2n) is 6.81. The summed E-state index contributed by atoms with van der Waals surface area (Å²) >= 11 is 1.53. The van der Waals surface area contributed by atoms with Crippen LogP contribution < -0.4 is 5.32 Å². The zero-order valence-electron chi connectivity index (χ0n) is 15.0. The molecule has 1 aromatic heterocycles. The molecular formula is C20H22N2O3S2. The summed E-state index contributed by atoms with van der Waals surface area (Å²) in [7, 11) is -3.52. The molecule has 1 aromatic carbocycles. The van der Waals surface area contributed by atoms with E-state index in [1.54, 1.807) is 6.08 Å². The van der Waals surface area contributed by atoms with Gasteiger partial charge in [0.25, 0.3) is 0 Å². The molecule has 1 N–H and O–H groups in total. The Morgan fingerprint density at radius 1 is 1.30 bits per heavy atom. The Kier molecular flexibility index (Phi) is 6.30. The fourth-order valence-corrected chi connectivity index (χ4v) is 5.54. The van der Waals surface area contributed by atoms with Gasteiger partial charge >= 0.3 is 0 Å². The van der Waals surface area contributed by atoms with Gasteiger partial charge in [0.15, 0.2) is 9.84 Å². The van der Waals surface area contributed by atoms with Crippen LogP contribution in [-0.4, -0.2) is 31.9 Å². The molecule has 1 heterocycles. The summed E-state index contributed by atoms with van der Waals surface area (Å²) in [5, 5.41) is 12.7. The standard InChI is InChI=1S/C20H22N2O3S2/c21-10-5-11-27(24,25)14-16(20(23)22-17-7-2-3-8-17)13-18-12-15-6-1-4-9-19(15)26-18/h1,4,6,9,12-13,17H,2-3,5,7-8,11,14H2,(H,22,23)/b16-13+. The van der Waals surface area contributed by atoms with Crippen molar-refractivity contribution in [3.63, 3.8) is 0 Å². The molecule has 0 unspecified atom stereocenters. The summed E-state index contributed by atoms with van der Waals surface area (Å²) in [5.41, 5.74) is 0.242. The molecule has 0 saturated heterocycles. The Labute approximate surface area is 163 Å². The number of benzene rings is 1. The molecule has 0 radical (unpaired) electrons. The number of carbonyl (C=O) groups is 1. The second-order valence-corrected chi connectivity index (χ2v) is 10.1. The minimum Gasteiger partial charge on any atom is -0.350 e. The average molecular weight is 403 g/mol. The molecule has 142 valence electrons. The van der Waals surface area contributed by atoms with Crippen molar-refractivity contribution >= 4 is 43.2 Å². The van der Waals surface area contributed by atoms with Gasteiger partial charge in [-0.15, -0.1) is 11.3 Å². The molecule has 3 rings (SSSR count). The molecule has 0 aliphatic heterocycles. The summed E-state index contributed by atoms with van der Waals surface area (Å²) in [6.07, 6.45) is 5.65. The Hall–Kier alpha value is -2.17. The quantitative estimate of drug-likeness (QED) is 0.716. The van der Waals surface area contributed by atoms with Crippen LogP contribution in [-0.2, 0) is 14.6 Å². The summed E-state index contributed by atoms with van der Waals surface area (Å²) in [6.45, 7) is 0. The van der Waals surface area contributed by atoms with Crippen LogP contribution in [0.1, 0.15) is 37.0 Å². The van der Waals surface area contributed by atoms with E-state index < -0.39 is 9.84 Å². The third kappa shape index (κ3) is 5.41. The second kappa shape index (κ2) is 8.68. The third-order valence-electron chi connectivity index (χ3n) is 4.64. The molecule has 1 amide bonds. The zero-order valence-corrected chi connectivity index (χ0v) is 16.6. The molecule has 27 heavy (non-hydrogen) atoms. The van der Waals surface area contributed by atoms with Gasteiger partial charge in [0.05, 0.1) is 17.6 Å². The molecule has 1 aliphatic carbocycles. The van der Waals surface area contributed by atoms with Crippen LogP contribution in [0.15, 0.2) is 35.9 Å². The van der Waals surface area contributed by atoms with Gasteiger partial charge in [0, 0.05) is 27.6 Å². The van der Waals surface area contributed by atoms with Gasteiger partial charge < -0.3 is 5.32 Å². The fourth-order valence-electron chi connectivity index (χ4n) is 3.28. The van der Waals surface area contributed by atoms with Crippen LogP contribution >= 0.6 is 11.3 Å². The average Bonchev–Trinajstić information content (AvgIpc) is 3.28. The number of nitrogens with zero attached hydrogens (tertiary/aromatic N) is 1. The smallest absolute Gasteiger partial charge is 0.248 e. The molecule has 1 fully saturated rings. The van der Waals surface area contributed by atoms with Crippen molar-refractivity contribution in [2.24, 2.45) is 0 Å². The van der Waals surface area contributed by atoms with Crippen LogP contribution in [0.2, 0.25) is 0 Å². The highest BCUT2D eigenvalue weighted by Gasteiger charge is 2.23. The topological polar surface area (TPSA) is 87.0 Å². The van der Waals surface area contributed by atoms with Gasteiger partial charge in [-0.1, -0.05) is 31.0 Å². The van der Waals surface area contributed by atoms with E-state index in [4.69, 9.17) is 5.26 Å². The summed E-state index contributed by atoms with van der Waals surface area (Å²) < 4.78 is 25.8. The number of nitrogens with one attached hydrogen (secondary N) is 1. The normalized spacial score (nSPS) is 15.7. The maximum absolute atomic E-state index is 12.8. The number of thiophene rings is 1. The molecule has 0 spiro atoms. The minimum atomic E-state index is -3.52. The first-order valence-electron chi connectivity index (χ1n) is 9.04. The van der Waals surface area contributed by atoms with E-state index in [0.717, 1.165) is 40.6 Å². The van der Waals surface area contributed by atoms with Crippen molar-refractivity contribution in [2.45, 2.75) is 38.1 Å². The van der Waals surface area contributed by atoms with Crippen LogP contribution in [0.25, 0.3) is 16.2 Å². The van der Waals surface area contributed by atoms with E-state index >= 15 is 0 Å². The highest BCUT2D eigenvalue weighted by atomic mass is 32.2. The lowest BCUT2D eigenvalue weighted by molar-refractivity contribution is -0.118. The van der Waals surface area contributed by atoms with Crippen molar-refractivity contribution in [3.05, 3.63) is 40.8 Å². The number of hydrogen-bond acceptors (Lipinski definition) is 5. The van der Waals surface area contributed by atoms with Crippen molar-refractivity contribution in [3.8, 4) is 6.07 Å². The van der Waals surface area contributed by atoms with Crippen molar-refractivity contribution in [2.75, 3.05) is 11.5 Å². The predicted octanol–water partition coefficient (Wildman–Crippen LogP) is 3.67. The van der Waals surface area contributed by atoms with Crippen molar-refractivity contribution < 1.29 is 13.2 Å². The largest absolute Gasteiger partial charge is 0.350 e. The van der Waals surface area contributed by atoms with Crippen LogP contribution in [0.4, 0.5) is 0 Å². The third-order valence-corrected chi connectivity index (χ3v) is 7.28. The maximum atomic E-state index is 12.8. The summed E-state index contributed by atoms with van der Waals surface area (Å²) in [5.74, 6) is -0.897. The van der Waals surface area contributed by atoms with Gasteiger partial charge in [-0.3, -0.25) is 4.79 Å².